The fourth-order valence-electron chi connectivity index (χ4n) is 0.859. The van der Waals surface area contributed by atoms with Gasteiger partial charge in [0.2, 0.25) is 5.95 Å². The minimum Gasteiger partial charge on any atom is -0.396 e. The molecule has 0 saturated heterocycles. The van der Waals surface area contributed by atoms with Crippen LogP contribution in [0.3, 0.4) is 0 Å². The molecule has 5 nitrogen and oxygen atoms in total. The van der Waals surface area contributed by atoms with Gasteiger partial charge in [-0.05, 0) is 0 Å². The number of rotatable bonds is 4. The van der Waals surface area contributed by atoms with E-state index < -0.39 is 11.9 Å². The van der Waals surface area contributed by atoms with Crippen LogP contribution >= 0.6 is 11.8 Å². The highest BCUT2D eigenvalue weighted by atomic mass is 32.2. The third-order valence-electron chi connectivity index (χ3n) is 1.46. The Labute approximate surface area is 93.2 Å². The SMILES string of the molecule is NNc1nc(SCCO)cc(C(F)(F)F)n1. The van der Waals surface area contributed by atoms with Crippen LogP contribution in [0.25, 0.3) is 0 Å². The molecule has 0 radical (unpaired) electrons. The van der Waals surface area contributed by atoms with Crippen LogP contribution in [0.1, 0.15) is 5.69 Å². The quantitative estimate of drug-likeness (QED) is 0.320. The molecule has 1 rings (SSSR count). The zero-order valence-electron chi connectivity index (χ0n) is 7.95. The fourth-order valence-corrected chi connectivity index (χ4v) is 1.51. The maximum Gasteiger partial charge on any atom is 0.433 e. The fraction of sp³-hybridized carbons (Fsp3) is 0.429. The second-order valence-electron chi connectivity index (χ2n) is 2.63. The lowest BCUT2D eigenvalue weighted by Gasteiger charge is -2.09. The van der Waals surface area contributed by atoms with Crippen molar-refractivity contribution in [3.63, 3.8) is 0 Å². The second-order valence-corrected chi connectivity index (χ2v) is 3.74. The Hall–Kier alpha value is -1.06. The predicted molar refractivity (Wildman–Crippen MR) is 52.7 cm³/mol. The van der Waals surface area contributed by atoms with Crippen LogP contribution in [0, 0.1) is 0 Å². The third-order valence-corrected chi connectivity index (χ3v) is 2.36. The molecular weight excluding hydrogens is 245 g/mol. The summed E-state index contributed by atoms with van der Waals surface area (Å²) in [5.74, 6) is 4.90. The van der Waals surface area contributed by atoms with Crippen molar-refractivity contribution in [2.75, 3.05) is 17.8 Å². The van der Waals surface area contributed by atoms with E-state index in [9.17, 15) is 13.2 Å². The number of aliphatic hydroxyl groups is 1. The van der Waals surface area contributed by atoms with Gasteiger partial charge < -0.3 is 5.11 Å². The van der Waals surface area contributed by atoms with Gasteiger partial charge in [0.05, 0.1) is 6.61 Å². The summed E-state index contributed by atoms with van der Waals surface area (Å²) in [6.07, 6.45) is -4.55. The highest BCUT2D eigenvalue weighted by Crippen LogP contribution is 2.30. The Morgan fingerprint density at radius 1 is 1.44 bits per heavy atom. The van der Waals surface area contributed by atoms with Crippen LogP contribution in [0.5, 0.6) is 0 Å². The molecule has 0 saturated carbocycles. The highest BCUT2D eigenvalue weighted by Gasteiger charge is 2.33. The molecule has 90 valence electrons. The van der Waals surface area contributed by atoms with E-state index in [2.05, 4.69) is 9.97 Å². The van der Waals surface area contributed by atoms with Crippen molar-refractivity contribution in [3.05, 3.63) is 11.8 Å². The first-order valence-electron chi connectivity index (χ1n) is 4.14. The number of alkyl halides is 3. The van der Waals surface area contributed by atoms with Crippen molar-refractivity contribution in [3.8, 4) is 0 Å². The van der Waals surface area contributed by atoms with Crippen molar-refractivity contribution < 1.29 is 18.3 Å². The van der Waals surface area contributed by atoms with Gasteiger partial charge in [-0.1, -0.05) is 0 Å². The van der Waals surface area contributed by atoms with Crippen molar-refractivity contribution >= 4 is 17.7 Å². The van der Waals surface area contributed by atoms with E-state index in [1.54, 1.807) is 0 Å². The number of hydrogen-bond acceptors (Lipinski definition) is 6. The number of anilines is 1. The van der Waals surface area contributed by atoms with Crippen molar-refractivity contribution in [1.29, 1.82) is 0 Å². The smallest absolute Gasteiger partial charge is 0.396 e. The average Bonchev–Trinajstić information content (AvgIpc) is 2.24. The van der Waals surface area contributed by atoms with Gasteiger partial charge in [0, 0.05) is 11.8 Å². The average molecular weight is 254 g/mol. The summed E-state index contributed by atoms with van der Waals surface area (Å²) in [6, 6.07) is 0.807. The number of aromatic nitrogens is 2. The maximum atomic E-state index is 12.4. The monoisotopic (exact) mass is 254 g/mol. The lowest BCUT2D eigenvalue weighted by molar-refractivity contribution is -0.141. The van der Waals surface area contributed by atoms with Crippen molar-refractivity contribution in [2.24, 2.45) is 5.84 Å². The molecule has 1 aromatic rings. The summed E-state index contributed by atoms with van der Waals surface area (Å²) >= 11 is 0.984. The van der Waals surface area contributed by atoms with E-state index in [1.807, 2.05) is 5.43 Å². The van der Waals surface area contributed by atoms with Gasteiger partial charge in [0.1, 0.15) is 5.03 Å². The molecule has 9 heteroatoms. The van der Waals surface area contributed by atoms with E-state index in [1.165, 1.54) is 0 Å². The first-order chi connectivity index (χ1) is 7.47. The number of nitrogens with zero attached hydrogens (tertiary/aromatic N) is 2. The lowest BCUT2D eigenvalue weighted by Crippen LogP contribution is -2.15. The molecule has 0 unspecified atom stereocenters. The van der Waals surface area contributed by atoms with Crippen molar-refractivity contribution in [1.82, 2.24) is 9.97 Å². The van der Waals surface area contributed by atoms with E-state index in [0.29, 0.717) is 0 Å². The Morgan fingerprint density at radius 2 is 2.12 bits per heavy atom. The number of nitrogens with two attached hydrogens (primary N) is 1. The standard InChI is InChI=1S/C7H9F3N4OS/c8-7(9,10)4-3-5(16-2-1-15)13-6(12-4)14-11/h3,15H,1-2,11H2,(H,12,13,14). The lowest BCUT2D eigenvalue weighted by atomic mass is 10.4. The molecule has 0 bridgehead atoms. The summed E-state index contributed by atoms with van der Waals surface area (Å²) in [4.78, 5) is 6.89. The molecule has 0 aliphatic carbocycles. The predicted octanol–water partition coefficient (Wildman–Crippen LogP) is 0.865. The van der Waals surface area contributed by atoms with Gasteiger partial charge in [-0.3, -0.25) is 5.43 Å². The zero-order valence-corrected chi connectivity index (χ0v) is 8.77. The number of nitrogens with one attached hydrogen (secondary N) is 1. The normalized spacial score (nSPS) is 11.6. The summed E-state index contributed by atoms with van der Waals surface area (Å²) in [5, 5.41) is 8.66. The second kappa shape index (κ2) is 5.32. The largest absolute Gasteiger partial charge is 0.433 e. The third kappa shape index (κ3) is 3.51. The maximum absolute atomic E-state index is 12.4. The molecule has 0 fully saturated rings. The van der Waals surface area contributed by atoms with Crippen LogP contribution < -0.4 is 11.3 Å². The first kappa shape index (κ1) is 13.0. The zero-order chi connectivity index (χ0) is 12.2. The van der Waals surface area contributed by atoms with Crippen LogP contribution in [0.2, 0.25) is 0 Å². The number of thioether (sulfide) groups is 1. The summed E-state index contributed by atoms with van der Waals surface area (Å²) in [6.45, 7) is -0.151. The molecular formula is C7H9F3N4OS. The van der Waals surface area contributed by atoms with Gasteiger partial charge in [-0.2, -0.15) is 13.2 Å². The Balaban J connectivity index is 3.01. The van der Waals surface area contributed by atoms with Crippen LogP contribution in [-0.4, -0.2) is 27.4 Å². The number of aliphatic hydroxyl groups excluding tert-OH is 1. The van der Waals surface area contributed by atoms with Crippen LogP contribution in [0.4, 0.5) is 19.1 Å². The Bertz CT molecular complexity index is 360. The van der Waals surface area contributed by atoms with E-state index in [4.69, 9.17) is 10.9 Å². The molecule has 4 N–H and O–H groups in total. The topological polar surface area (TPSA) is 84.1 Å². The minimum atomic E-state index is -4.55. The summed E-state index contributed by atoms with van der Waals surface area (Å²) < 4.78 is 37.2. The van der Waals surface area contributed by atoms with Gasteiger partial charge in [-0.15, -0.1) is 11.8 Å². The number of halogens is 3. The molecule has 0 aromatic carbocycles. The van der Waals surface area contributed by atoms with Gasteiger partial charge in [0.25, 0.3) is 0 Å². The molecule has 0 amide bonds. The summed E-state index contributed by atoms with van der Waals surface area (Å²) in [5.41, 5.74) is 0.885. The van der Waals surface area contributed by atoms with E-state index in [-0.39, 0.29) is 23.3 Å². The number of hydrogen-bond donors (Lipinski definition) is 3. The highest BCUT2D eigenvalue weighted by molar-refractivity contribution is 7.99. The Morgan fingerprint density at radius 3 is 2.62 bits per heavy atom. The molecule has 1 heterocycles. The molecule has 1 aromatic heterocycles. The van der Waals surface area contributed by atoms with Gasteiger partial charge in [0.15, 0.2) is 5.69 Å². The number of nitrogen functional groups attached to an aromatic ring is 1. The van der Waals surface area contributed by atoms with E-state index in [0.717, 1.165) is 17.8 Å². The van der Waals surface area contributed by atoms with Crippen LogP contribution in [-0.2, 0) is 6.18 Å². The molecule has 0 spiro atoms. The molecule has 0 aliphatic rings. The van der Waals surface area contributed by atoms with Crippen molar-refractivity contribution in [2.45, 2.75) is 11.2 Å². The molecule has 0 atom stereocenters. The van der Waals surface area contributed by atoms with Gasteiger partial charge in [-0.25, -0.2) is 15.8 Å². The van der Waals surface area contributed by atoms with Crippen LogP contribution in [0.15, 0.2) is 11.1 Å². The molecule has 16 heavy (non-hydrogen) atoms. The Kier molecular flexibility index (Phi) is 4.33. The van der Waals surface area contributed by atoms with E-state index >= 15 is 0 Å². The summed E-state index contributed by atoms with van der Waals surface area (Å²) in [7, 11) is 0. The van der Waals surface area contributed by atoms with Gasteiger partial charge >= 0.3 is 6.18 Å². The minimum absolute atomic E-state index is 0.101. The first-order valence-corrected chi connectivity index (χ1v) is 5.12. The number of hydrazine groups is 1. The molecule has 0 aliphatic heterocycles.